The predicted octanol–water partition coefficient (Wildman–Crippen LogP) is 3.88. The molecule has 100 valence electrons. The van der Waals surface area contributed by atoms with Crippen LogP contribution in [-0.4, -0.2) is 14.2 Å². The molecule has 0 saturated heterocycles. The molecular weight excluding hydrogens is 236 g/mol. The number of hydrogen-bond acceptors (Lipinski definition) is 2. The first-order valence-corrected chi connectivity index (χ1v) is 6.43. The van der Waals surface area contributed by atoms with Crippen LogP contribution in [0.15, 0.2) is 48.5 Å². The third kappa shape index (κ3) is 3.03. The molecule has 2 nitrogen and oxygen atoms in total. The molecule has 0 aliphatic rings. The second-order valence-corrected chi connectivity index (χ2v) is 4.60. The number of rotatable bonds is 5. The summed E-state index contributed by atoms with van der Waals surface area (Å²) >= 11 is 0. The van der Waals surface area contributed by atoms with E-state index in [-0.39, 0.29) is 6.10 Å². The van der Waals surface area contributed by atoms with E-state index in [0.717, 1.165) is 0 Å². The van der Waals surface area contributed by atoms with Crippen molar-refractivity contribution in [3.63, 3.8) is 0 Å². The van der Waals surface area contributed by atoms with Crippen molar-refractivity contribution >= 4 is 0 Å². The fourth-order valence-corrected chi connectivity index (χ4v) is 2.38. The largest absolute Gasteiger partial charge is 0.380 e. The summed E-state index contributed by atoms with van der Waals surface area (Å²) in [5.41, 5.74) is 4.77. The summed E-state index contributed by atoms with van der Waals surface area (Å²) in [4.78, 5) is 0. The Kier molecular flexibility index (Phi) is 4.72. The predicted molar refractivity (Wildman–Crippen MR) is 77.2 cm³/mol. The van der Waals surface area contributed by atoms with Gasteiger partial charge in [0, 0.05) is 14.2 Å². The molecular formula is C17H20O2. The highest BCUT2D eigenvalue weighted by atomic mass is 16.5. The van der Waals surface area contributed by atoms with Gasteiger partial charge in [0.2, 0.25) is 0 Å². The first kappa shape index (κ1) is 13.8. The van der Waals surface area contributed by atoms with Crippen LogP contribution in [0.1, 0.15) is 28.4 Å². The number of hydrogen-bond donors (Lipinski definition) is 0. The van der Waals surface area contributed by atoms with E-state index in [1.807, 2.05) is 24.3 Å². The van der Waals surface area contributed by atoms with Crippen molar-refractivity contribution in [3.05, 3.63) is 70.8 Å². The molecule has 0 amide bonds. The van der Waals surface area contributed by atoms with Crippen molar-refractivity contribution < 1.29 is 9.47 Å². The second kappa shape index (κ2) is 6.50. The van der Waals surface area contributed by atoms with Crippen LogP contribution in [0.4, 0.5) is 0 Å². The molecule has 2 aromatic rings. The standard InChI is InChI=1S/C17H20O2/c1-13-8-4-6-10-15(13)17(19-3)16-11-7-5-9-14(16)12-18-2/h4-11,17H,12H2,1-3H3. The maximum Gasteiger partial charge on any atom is 0.108 e. The molecule has 0 heterocycles. The lowest BCUT2D eigenvalue weighted by Gasteiger charge is -2.21. The minimum atomic E-state index is -0.0486. The molecule has 0 aromatic heterocycles. The minimum Gasteiger partial charge on any atom is -0.380 e. The van der Waals surface area contributed by atoms with Crippen LogP contribution in [0.2, 0.25) is 0 Å². The molecule has 2 aromatic carbocycles. The summed E-state index contributed by atoms with van der Waals surface area (Å²) in [6, 6.07) is 16.6. The van der Waals surface area contributed by atoms with E-state index in [9.17, 15) is 0 Å². The van der Waals surface area contributed by atoms with Crippen LogP contribution in [0.25, 0.3) is 0 Å². The number of aryl methyl sites for hydroxylation is 1. The molecule has 0 N–H and O–H groups in total. The summed E-state index contributed by atoms with van der Waals surface area (Å²) in [6.45, 7) is 2.71. The Bertz CT molecular complexity index is 534. The summed E-state index contributed by atoms with van der Waals surface area (Å²) < 4.78 is 11.0. The normalized spacial score (nSPS) is 12.4. The Morgan fingerprint density at radius 2 is 1.53 bits per heavy atom. The van der Waals surface area contributed by atoms with Crippen LogP contribution in [0.5, 0.6) is 0 Å². The molecule has 0 spiro atoms. The van der Waals surface area contributed by atoms with Crippen molar-refractivity contribution in [1.82, 2.24) is 0 Å². The van der Waals surface area contributed by atoms with Gasteiger partial charge in [-0.2, -0.15) is 0 Å². The van der Waals surface area contributed by atoms with E-state index in [4.69, 9.17) is 9.47 Å². The van der Waals surface area contributed by atoms with E-state index in [2.05, 4.69) is 31.2 Å². The van der Waals surface area contributed by atoms with Gasteiger partial charge in [0.15, 0.2) is 0 Å². The Hall–Kier alpha value is -1.64. The quantitative estimate of drug-likeness (QED) is 0.808. The lowest BCUT2D eigenvalue weighted by Crippen LogP contribution is -2.08. The smallest absolute Gasteiger partial charge is 0.108 e. The van der Waals surface area contributed by atoms with Crippen LogP contribution >= 0.6 is 0 Å². The van der Waals surface area contributed by atoms with E-state index >= 15 is 0 Å². The van der Waals surface area contributed by atoms with Crippen LogP contribution in [-0.2, 0) is 16.1 Å². The van der Waals surface area contributed by atoms with Crippen molar-refractivity contribution in [2.24, 2.45) is 0 Å². The van der Waals surface area contributed by atoms with Gasteiger partial charge in [-0.05, 0) is 29.2 Å². The first-order chi connectivity index (χ1) is 9.27. The van der Waals surface area contributed by atoms with E-state index < -0.39 is 0 Å². The third-order valence-electron chi connectivity index (χ3n) is 3.34. The Morgan fingerprint density at radius 1 is 0.895 bits per heavy atom. The fourth-order valence-electron chi connectivity index (χ4n) is 2.38. The zero-order chi connectivity index (χ0) is 13.7. The number of methoxy groups -OCH3 is 2. The zero-order valence-electron chi connectivity index (χ0n) is 11.7. The van der Waals surface area contributed by atoms with Crippen LogP contribution < -0.4 is 0 Å². The van der Waals surface area contributed by atoms with Gasteiger partial charge in [0.25, 0.3) is 0 Å². The Morgan fingerprint density at radius 3 is 2.16 bits per heavy atom. The highest BCUT2D eigenvalue weighted by molar-refractivity contribution is 5.39. The molecule has 0 aliphatic heterocycles. The summed E-state index contributed by atoms with van der Waals surface area (Å²) in [5.74, 6) is 0. The third-order valence-corrected chi connectivity index (χ3v) is 3.34. The monoisotopic (exact) mass is 256 g/mol. The highest BCUT2D eigenvalue weighted by Gasteiger charge is 2.17. The molecule has 1 unspecified atom stereocenters. The van der Waals surface area contributed by atoms with Gasteiger partial charge in [-0.25, -0.2) is 0 Å². The van der Waals surface area contributed by atoms with Gasteiger partial charge in [-0.1, -0.05) is 48.5 Å². The molecule has 2 rings (SSSR count). The van der Waals surface area contributed by atoms with Gasteiger partial charge >= 0.3 is 0 Å². The van der Waals surface area contributed by atoms with E-state index in [1.54, 1.807) is 14.2 Å². The summed E-state index contributed by atoms with van der Waals surface area (Å²) in [6.07, 6.45) is -0.0486. The molecule has 0 saturated carbocycles. The molecule has 0 radical (unpaired) electrons. The van der Waals surface area contributed by atoms with E-state index in [0.29, 0.717) is 6.61 Å². The molecule has 2 heteroatoms. The topological polar surface area (TPSA) is 18.5 Å². The van der Waals surface area contributed by atoms with Gasteiger partial charge in [-0.15, -0.1) is 0 Å². The highest BCUT2D eigenvalue weighted by Crippen LogP contribution is 2.30. The Labute approximate surface area is 115 Å². The molecule has 0 bridgehead atoms. The van der Waals surface area contributed by atoms with Gasteiger partial charge in [0.1, 0.15) is 6.10 Å². The van der Waals surface area contributed by atoms with Crippen molar-refractivity contribution in [3.8, 4) is 0 Å². The average molecular weight is 256 g/mol. The second-order valence-electron chi connectivity index (χ2n) is 4.60. The fraction of sp³-hybridized carbons (Fsp3) is 0.294. The molecule has 1 atom stereocenters. The lowest BCUT2D eigenvalue weighted by molar-refractivity contribution is 0.130. The van der Waals surface area contributed by atoms with Gasteiger partial charge in [0.05, 0.1) is 6.61 Å². The van der Waals surface area contributed by atoms with Gasteiger partial charge in [-0.3, -0.25) is 0 Å². The zero-order valence-corrected chi connectivity index (χ0v) is 11.7. The maximum absolute atomic E-state index is 5.73. The SMILES string of the molecule is COCc1ccccc1C(OC)c1ccccc1C. The minimum absolute atomic E-state index is 0.0486. The Balaban J connectivity index is 2.45. The molecule has 19 heavy (non-hydrogen) atoms. The van der Waals surface area contributed by atoms with Crippen molar-refractivity contribution in [2.75, 3.05) is 14.2 Å². The average Bonchev–Trinajstić information content (AvgIpc) is 2.44. The van der Waals surface area contributed by atoms with Crippen molar-refractivity contribution in [2.45, 2.75) is 19.6 Å². The van der Waals surface area contributed by atoms with Gasteiger partial charge < -0.3 is 9.47 Å². The number of benzene rings is 2. The van der Waals surface area contributed by atoms with Crippen LogP contribution in [0.3, 0.4) is 0 Å². The summed E-state index contributed by atoms with van der Waals surface area (Å²) in [5, 5.41) is 0. The summed E-state index contributed by atoms with van der Waals surface area (Å²) in [7, 11) is 3.47. The van der Waals surface area contributed by atoms with E-state index in [1.165, 1.54) is 22.3 Å². The lowest BCUT2D eigenvalue weighted by atomic mass is 9.94. The molecule has 0 aliphatic carbocycles. The van der Waals surface area contributed by atoms with Crippen LogP contribution in [0, 0.1) is 6.92 Å². The maximum atomic E-state index is 5.73. The number of ether oxygens (including phenoxy) is 2. The van der Waals surface area contributed by atoms with Crippen molar-refractivity contribution in [1.29, 1.82) is 0 Å². The molecule has 0 fully saturated rings. The first-order valence-electron chi connectivity index (χ1n) is 6.43.